The monoisotopic (exact) mass is 371 g/mol. The van der Waals surface area contributed by atoms with E-state index in [2.05, 4.69) is 20.2 Å². The number of carbonyl (C=O) groups excluding carboxylic acids is 1. The fourth-order valence-corrected chi connectivity index (χ4v) is 3.08. The van der Waals surface area contributed by atoms with Crippen LogP contribution in [-0.4, -0.2) is 55.3 Å². The first-order valence-corrected chi connectivity index (χ1v) is 9.04. The molecule has 1 saturated heterocycles. The molecular formula is C19H25N5O3. The number of para-hydroxylation sites is 2. The van der Waals surface area contributed by atoms with Crippen LogP contribution in [0.4, 0.5) is 5.95 Å². The number of ether oxygens (including phenoxy) is 2. The van der Waals surface area contributed by atoms with Gasteiger partial charge in [-0.25, -0.2) is 9.97 Å². The molecule has 0 unspecified atom stereocenters. The predicted octanol–water partition coefficient (Wildman–Crippen LogP) is 1.22. The molecule has 0 radical (unpaired) electrons. The fourth-order valence-electron chi connectivity index (χ4n) is 3.08. The second kappa shape index (κ2) is 9.18. The van der Waals surface area contributed by atoms with Gasteiger partial charge in [-0.2, -0.15) is 0 Å². The summed E-state index contributed by atoms with van der Waals surface area (Å²) in [5.74, 6) is 1.52. The maximum atomic E-state index is 11.3. The van der Waals surface area contributed by atoms with Crippen molar-refractivity contribution in [3.63, 3.8) is 0 Å². The number of amides is 1. The van der Waals surface area contributed by atoms with E-state index in [4.69, 9.17) is 15.2 Å². The van der Waals surface area contributed by atoms with Gasteiger partial charge in [0.15, 0.2) is 11.5 Å². The van der Waals surface area contributed by atoms with Gasteiger partial charge in [-0.15, -0.1) is 0 Å². The number of hydrogen-bond donors (Lipinski definition) is 2. The number of nitrogens with one attached hydrogen (secondary N) is 1. The number of anilines is 1. The van der Waals surface area contributed by atoms with Crippen molar-refractivity contribution >= 4 is 11.9 Å². The van der Waals surface area contributed by atoms with Crippen molar-refractivity contribution in [2.24, 2.45) is 5.73 Å². The maximum Gasteiger partial charge on any atom is 0.267 e. The van der Waals surface area contributed by atoms with Crippen molar-refractivity contribution in [2.75, 3.05) is 38.3 Å². The van der Waals surface area contributed by atoms with Gasteiger partial charge in [0, 0.05) is 31.9 Å². The van der Waals surface area contributed by atoms with Gasteiger partial charge in [0.2, 0.25) is 5.95 Å². The lowest BCUT2D eigenvalue weighted by molar-refractivity contribution is 0.0995. The third-order valence-corrected chi connectivity index (χ3v) is 4.53. The molecule has 0 saturated carbocycles. The van der Waals surface area contributed by atoms with Crippen LogP contribution in [0.1, 0.15) is 23.3 Å². The fraction of sp³-hybridized carbons (Fsp3) is 0.421. The maximum absolute atomic E-state index is 11.3. The Morgan fingerprint density at radius 1 is 1.26 bits per heavy atom. The largest absolute Gasteiger partial charge is 0.493 e. The van der Waals surface area contributed by atoms with Gasteiger partial charge < -0.3 is 25.4 Å². The highest BCUT2D eigenvalue weighted by molar-refractivity contribution is 5.90. The van der Waals surface area contributed by atoms with Gasteiger partial charge in [-0.3, -0.25) is 4.79 Å². The third-order valence-electron chi connectivity index (χ3n) is 4.53. The molecule has 3 N–H and O–H groups in total. The van der Waals surface area contributed by atoms with Crippen LogP contribution in [0.25, 0.3) is 0 Å². The molecule has 0 aliphatic carbocycles. The van der Waals surface area contributed by atoms with Gasteiger partial charge in [-0.05, 0) is 31.0 Å². The number of rotatable bonds is 8. The van der Waals surface area contributed by atoms with Gasteiger partial charge in [0.1, 0.15) is 12.3 Å². The van der Waals surface area contributed by atoms with E-state index >= 15 is 0 Å². The summed E-state index contributed by atoms with van der Waals surface area (Å²) in [6, 6.07) is 9.58. The molecule has 8 nitrogen and oxygen atoms in total. The van der Waals surface area contributed by atoms with E-state index in [1.807, 2.05) is 24.3 Å². The van der Waals surface area contributed by atoms with Crippen LogP contribution < -0.4 is 25.4 Å². The number of nitrogens with zero attached hydrogens (tertiary/aromatic N) is 3. The molecule has 1 aromatic heterocycles. The average molecular weight is 371 g/mol. The smallest absolute Gasteiger partial charge is 0.267 e. The quantitative estimate of drug-likeness (QED) is 0.673. The molecule has 0 atom stereocenters. The molecule has 1 aliphatic heterocycles. The Bertz CT molecular complexity index is 763. The van der Waals surface area contributed by atoms with Gasteiger partial charge in [0.05, 0.1) is 7.11 Å². The van der Waals surface area contributed by atoms with Crippen LogP contribution in [-0.2, 0) is 0 Å². The van der Waals surface area contributed by atoms with Crippen LogP contribution >= 0.6 is 0 Å². The van der Waals surface area contributed by atoms with Crippen molar-refractivity contribution in [1.29, 1.82) is 0 Å². The summed E-state index contributed by atoms with van der Waals surface area (Å²) >= 11 is 0. The zero-order chi connectivity index (χ0) is 19.1. The summed E-state index contributed by atoms with van der Waals surface area (Å²) in [7, 11) is 1.64. The van der Waals surface area contributed by atoms with Gasteiger partial charge in [0.25, 0.3) is 5.91 Å². The molecule has 2 aromatic rings. The van der Waals surface area contributed by atoms with Crippen LogP contribution in [0, 0.1) is 0 Å². The van der Waals surface area contributed by atoms with Gasteiger partial charge >= 0.3 is 0 Å². The molecule has 1 fully saturated rings. The first-order valence-electron chi connectivity index (χ1n) is 9.04. The van der Waals surface area contributed by atoms with Crippen LogP contribution in [0.3, 0.4) is 0 Å². The first-order chi connectivity index (χ1) is 13.2. The molecule has 8 heteroatoms. The van der Waals surface area contributed by atoms with Crippen molar-refractivity contribution in [3.8, 4) is 11.5 Å². The number of nitrogens with two attached hydrogens (primary N) is 1. The van der Waals surface area contributed by atoms with E-state index in [9.17, 15) is 4.79 Å². The Balaban J connectivity index is 1.41. The van der Waals surface area contributed by atoms with E-state index in [0.29, 0.717) is 18.6 Å². The van der Waals surface area contributed by atoms with Crippen molar-refractivity contribution in [1.82, 2.24) is 15.3 Å². The predicted molar refractivity (Wildman–Crippen MR) is 102 cm³/mol. The molecule has 0 spiro atoms. The summed E-state index contributed by atoms with van der Waals surface area (Å²) in [5, 5.41) is 3.52. The van der Waals surface area contributed by atoms with Crippen molar-refractivity contribution in [2.45, 2.75) is 18.9 Å². The Kier molecular flexibility index (Phi) is 6.43. The minimum Gasteiger partial charge on any atom is -0.493 e. The van der Waals surface area contributed by atoms with E-state index in [1.165, 1.54) is 6.07 Å². The molecule has 3 rings (SSSR count). The summed E-state index contributed by atoms with van der Waals surface area (Å²) < 4.78 is 11.1. The van der Waals surface area contributed by atoms with Crippen LogP contribution in [0.15, 0.2) is 36.5 Å². The lowest BCUT2D eigenvalue weighted by Crippen LogP contribution is -2.44. The van der Waals surface area contributed by atoms with Gasteiger partial charge in [-0.1, -0.05) is 12.1 Å². The lowest BCUT2D eigenvalue weighted by Gasteiger charge is -2.32. The molecule has 1 aliphatic rings. The minimum atomic E-state index is -0.537. The lowest BCUT2D eigenvalue weighted by atomic mass is 10.1. The molecular weight excluding hydrogens is 346 g/mol. The number of aromatic nitrogens is 2. The molecule has 2 heterocycles. The normalized spacial score (nSPS) is 14.8. The summed E-state index contributed by atoms with van der Waals surface area (Å²) in [5.41, 5.74) is 5.53. The highest BCUT2D eigenvalue weighted by atomic mass is 16.5. The summed E-state index contributed by atoms with van der Waals surface area (Å²) in [4.78, 5) is 21.8. The molecule has 1 aromatic carbocycles. The highest BCUT2D eigenvalue weighted by Gasteiger charge is 2.21. The Hall–Kier alpha value is -2.87. The topological polar surface area (TPSA) is 103 Å². The Labute approximate surface area is 158 Å². The van der Waals surface area contributed by atoms with E-state index in [1.54, 1.807) is 13.3 Å². The summed E-state index contributed by atoms with van der Waals surface area (Å²) in [6.07, 6.45) is 3.51. The molecule has 1 amide bonds. The van der Waals surface area contributed by atoms with Crippen molar-refractivity contribution in [3.05, 3.63) is 42.2 Å². The first kappa shape index (κ1) is 18.9. The number of benzene rings is 1. The van der Waals surface area contributed by atoms with Crippen molar-refractivity contribution < 1.29 is 14.3 Å². The number of hydrogen-bond acceptors (Lipinski definition) is 7. The Morgan fingerprint density at radius 2 is 2.00 bits per heavy atom. The summed E-state index contributed by atoms with van der Waals surface area (Å²) in [6.45, 7) is 2.99. The molecule has 27 heavy (non-hydrogen) atoms. The number of methoxy groups -OCH3 is 1. The van der Waals surface area contributed by atoms with E-state index in [-0.39, 0.29) is 5.69 Å². The Morgan fingerprint density at radius 3 is 2.70 bits per heavy atom. The van der Waals surface area contributed by atoms with E-state index < -0.39 is 5.91 Å². The zero-order valence-corrected chi connectivity index (χ0v) is 15.4. The van der Waals surface area contributed by atoms with E-state index in [0.717, 1.165) is 44.0 Å². The van der Waals surface area contributed by atoms with Crippen LogP contribution in [0.2, 0.25) is 0 Å². The number of carbonyl (C=O) groups is 1. The second-order valence-electron chi connectivity index (χ2n) is 6.32. The SMILES string of the molecule is COc1ccccc1OCCNC1CCN(c2nccc(C(N)=O)n2)CC1. The zero-order valence-electron chi connectivity index (χ0n) is 15.4. The number of primary amides is 1. The highest BCUT2D eigenvalue weighted by Crippen LogP contribution is 2.25. The minimum absolute atomic E-state index is 0.244. The second-order valence-corrected chi connectivity index (χ2v) is 6.32. The standard InChI is InChI=1S/C19H25N5O3/c1-26-16-4-2-3-5-17(16)27-13-10-21-14-7-11-24(12-8-14)19-22-9-6-15(23-19)18(20)25/h2-6,9,14,21H,7-8,10-13H2,1H3,(H2,20,25). The molecule has 0 bridgehead atoms. The third kappa shape index (κ3) is 5.07. The van der Waals surface area contributed by atoms with Crippen LogP contribution in [0.5, 0.6) is 11.5 Å². The number of piperidine rings is 1. The molecule has 144 valence electrons. The average Bonchev–Trinajstić information content (AvgIpc) is 2.72.